The SMILES string of the molecule is NC1(C(=O)Nc2cccc3cc(Br)cnc23)CCCCC1. The Bertz CT molecular complexity index is 680. The predicted molar refractivity (Wildman–Crippen MR) is 88.1 cm³/mol. The van der Waals surface area contributed by atoms with Gasteiger partial charge in [-0.3, -0.25) is 9.78 Å². The first-order valence-corrected chi connectivity index (χ1v) is 8.02. The van der Waals surface area contributed by atoms with E-state index in [4.69, 9.17) is 5.73 Å². The molecule has 1 aromatic heterocycles. The van der Waals surface area contributed by atoms with Crippen LogP contribution in [0.4, 0.5) is 5.69 Å². The Kier molecular flexibility index (Phi) is 3.95. The molecule has 4 nitrogen and oxygen atoms in total. The van der Waals surface area contributed by atoms with E-state index in [2.05, 4.69) is 26.2 Å². The van der Waals surface area contributed by atoms with Gasteiger partial charge in [-0.05, 0) is 40.9 Å². The number of hydrogen-bond donors (Lipinski definition) is 2. The van der Waals surface area contributed by atoms with E-state index in [1.54, 1.807) is 6.20 Å². The molecule has 1 saturated carbocycles. The van der Waals surface area contributed by atoms with Crippen molar-refractivity contribution >= 4 is 38.4 Å². The molecule has 1 amide bonds. The van der Waals surface area contributed by atoms with Crippen molar-refractivity contribution in [3.8, 4) is 0 Å². The summed E-state index contributed by atoms with van der Waals surface area (Å²) >= 11 is 3.41. The monoisotopic (exact) mass is 347 g/mol. The standard InChI is InChI=1S/C16H18BrN3O/c17-12-9-11-5-4-6-13(14(11)19-10-12)20-15(21)16(18)7-2-1-3-8-16/h4-6,9-10H,1-3,7-8,18H2,(H,20,21). The van der Waals surface area contributed by atoms with E-state index < -0.39 is 5.54 Å². The van der Waals surface area contributed by atoms with E-state index in [1.807, 2.05) is 24.3 Å². The van der Waals surface area contributed by atoms with E-state index in [-0.39, 0.29) is 5.91 Å². The maximum Gasteiger partial charge on any atom is 0.244 e. The van der Waals surface area contributed by atoms with Gasteiger partial charge in [0.05, 0.1) is 16.7 Å². The minimum Gasteiger partial charge on any atom is -0.323 e. The van der Waals surface area contributed by atoms with E-state index >= 15 is 0 Å². The molecule has 1 aromatic carbocycles. The van der Waals surface area contributed by atoms with Crippen molar-refractivity contribution in [3.63, 3.8) is 0 Å². The number of fused-ring (bicyclic) bond motifs is 1. The van der Waals surface area contributed by atoms with Crippen molar-refractivity contribution in [2.45, 2.75) is 37.6 Å². The molecule has 0 bridgehead atoms. The lowest BCUT2D eigenvalue weighted by Gasteiger charge is -2.31. The van der Waals surface area contributed by atoms with E-state index in [1.165, 1.54) is 0 Å². The van der Waals surface area contributed by atoms with Gasteiger partial charge in [-0.25, -0.2) is 0 Å². The van der Waals surface area contributed by atoms with Crippen LogP contribution < -0.4 is 11.1 Å². The van der Waals surface area contributed by atoms with Gasteiger partial charge in [-0.15, -0.1) is 0 Å². The Labute approximate surface area is 132 Å². The summed E-state index contributed by atoms with van der Waals surface area (Å²) in [7, 11) is 0. The first kappa shape index (κ1) is 14.5. The molecule has 5 heteroatoms. The van der Waals surface area contributed by atoms with Gasteiger partial charge in [-0.2, -0.15) is 0 Å². The van der Waals surface area contributed by atoms with Crippen molar-refractivity contribution in [1.29, 1.82) is 0 Å². The third-order valence-electron chi connectivity index (χ3n) is 4.12. The quantitative estimate of drug-likeness (QED) is 0.871. The minimum absolute atomic E-state index is 0.0978. The predicted octanol–water partition coefficient (Wildman–Crippen LogP) is 3.60. The van der Waals surface area contributed by atoms with E-state index in [0.717, 1.165) is 53.2 Å². The third-order valence-corrected chi connectivity index (χ3v) is 4.56. The van der Waals surface area contributed by atoms with Crippen LogP contribution in [-0.2, 0) is 4.79 Å². The summed E-state index contributed by atoms with van der Waals surface area (Å²) in [4.78, 5) is 16.9. The van der Waals surface area contributed by atoms with Gasteiger partial charge < -0.3 is 11.1 Å². The number of halogens is 1. The summed E-state index contributed by atoms with van der Waals surface area (Å²) in [6, 6.07) is 7.74. The molecule has 0 unspecified atom stereocenters. The smallest absolute Gasteiger partial charge is 0.244 e. The Morgan fingerprint density at radius 3 is 2.81 bits per heavy atom. The summed E-state index contributed by atoms with van der Waals surface area (Å²) in [5, 5.41) is 3.96. The molecule has 0 atom stereocenters. The van der Waals surface area contributed by atoms with Crippen LogP contribution in [0.25, 0.3) is 10.9 Å². The number of pyridine rings is 1. The molecule has 3 rings (SSSR count). The zero-order valence-corrected chi connectivity index (χ0v) is 13.3. The normalized spacial score (nSPS) is 17.6. The fourth-order valence-corrected chi connectivity index (χ4v) is 3.24. The minimum atomic E-state index is -0.740. The van der Waals surface area contributed by atoms with Crippen LogP contribution in [0.1, 0.15) is 32.1 Å². The van der Waals surface area contributed by atoms with Gasteiger partial charge >= 0.3 is 0 Å². The largest absolute Gasteiger partial charge is 0.323 e. The maximum absolute atomic E-state index is 12.5. The van der Waals surface area contributed by atoms with Crippen LogP contribution in [-0.4, -0.2) is 16.4 Å². The Morgan fingerprint density at radius 1 is 1.29 bits per heavy atom. The van der Waals surface area contributed by atoms with Crippen molar-refractivity contribution in [3.05, 3.63) is 34.9 Å². The summed E-state index contributed by atoms with van der Waals surface area (Å²) < 4.78 is 0.918. The number of hydrogen-bond acceptors (Lipinski definition) is 3. The molecule has 0 spiro atoms. The van der Waals surface area contributed by atoms with Gasteiger partial charge in [0, 0.05) is 16.1 Å². The molecule has 0 radical (unpaired) electrons. The highest BCUT2D eigenvalue weighted by Crippen LogP contribution is 2.29. The Hall–Kier alpha value is -1.46. The molecule has 0 saturated heterocycles. The van der Waals surface area contributed by atoms with E-state index in [9.17, 15) is 4.79 Å². The van der Waals surface area contributed by atoms with Crippen molar-refractivity contribution in [2.75, 3.05) is 5.32 Å². The Balaban J connectivity index is 1.89. The number of carbonyl (C=O) groups is 1. The van der Waals surface area contributed by atoms with Crippen LogP contribution in [0.5, 0.6) is 0 Å². The second kappa shape index (κ2) is 5.73. The van der Waals surface area contributed by atoms with Gasteiger partial charge in [-0.1, -0.05) is 31.4 Å². The molecule has 0 aliphatic heterocycles. The van der Waals surface area contributed by atoms with Crippen LogP contribution >= 0.6 is 15.9 Å². The van der Waals surface area contributed by atoms with E-state index in [0.29, 0.717) is 0 Å². The zero-order valence-electron chi connectivity index (χ0n) is 11.7. The number of para-hydroxylation sites is 1. The topological polar surface area (TPSA) is 68.0 Å². The zero-order chi connectivity index (χ0) is 14.9. The van der Waals surface area contributed by atoms with Gasteiger partial charge in [0.1, 0.15) is 0 Å². The first-order valence-electron chi connectivity index (χ1n) is 7.23. The summed E-state index contributed by atoms with van der Waals surface area (Å²) in [5.41, 5.74) is 7.05. The fourth-order valence-electron chi connectivity index (χ4n) is 2.89. The van der Waals surface area contributed by atoms with Gasteiger partial charge in [0.2, 0.25) is 5.91 Å². The highest BCUT2D eigenvalue weighted by Gasteiger charge is 2.35. The number of nitrogens with two attached hydrogens (primary N) is 1. The third kappa shape index (κ3) is 2.94. The molecule has 110 valence electrons. The van der Waals surface area contributed by atoms with Crippen LogP contribution in [0.3, 0.4) is 0 Å². The molecule has 3 N–H and O–H groups in total. The number of aromatic nitrogens is 1. The lowest BCUT2D eigenvalue weighted by molar-refractivity contribution is -0.122. The summed E-state index contributed by atoms with van der Waals surface area (Å²) in [6.45, 7) is 0. The number of nitrogens with one attached hydrogen (secondary N) is 1. The number of nitrogens with zero attached hydrogens (tertiary/aromatic N) is 1. The second-order valence-electron chi connectivity index (χ2n) is 5.70. The molecule has 1 fully saturated rings. The molecular weight excluding hydrogens is 330 g/mol. The molecule has 21 heavy (non-hydrogen) atoms. The van der Waals surface area contributed by atoms with Crippen LogP contribution in [0.15, 0.2) is 34.9 Å². The second-order valence-corrected chi connectivity index (χ2v) is 6.62. The fraction of sp³-hybridized carbons (Fsp3) is 0.375. The van der Waals surface area contributed by atoms with Crippen molar-refractivity contribution in [1.82, 2.24) is 4.98 Å². The molecule has 1 aliphatic rings. The van der Waals surface area contributed by atoms with Crippen LogP contribution in [0.2, 0.25) is 0 Å². The van der Waals surface area contributed by atoms with Crippen LogP contribution in [0, 0.1) is 0 Å². The molecule has 1 aliphatic carbocycles. The highest BCUT2D eigenvalue weighted by atomic mass is 79.9. The number of rotatable bonds is 2. The number of benzene rings is 1. The van der Waals surface area contributed by atoms with Crippen molar-refractivity contribution < 1.29 is 4.79 Å². The average molecular weight is 348 g/mol. The number of carbonyl (C=O) groups excluding carboxylic acids is 1. The highest BCUT2D eigenvalue weighted by molar-refractivity contribution is 9.10. The summed E-state index contributed by atoms with van der Waals surface area (Å²) in [5.74, 6) is -0.0978. The molecule has 2 aromatic rings. The van der Waals surface area contributed by atoms with Crippen molar-refractivity contribution in [2.24, 2.45) is 5.73 Å². The summed E-state index contributed by atoms with van der Waals surface area (Å²) in [6.07, 6.45) is 6.44. The van der Waals surface area contributed by atoms with Gasteiger partial charge in [0.15, 0.2) is 0 Å². The lowest BCUT2D eigenvalue weighted by Crippen LogP contribution is -2.52. The first-order chi connectivity index (χ1) is 10.1. The maximum atomic E-state index is 12.5. The lowest BCUT2D eigenvalue weighted by atomic mass is 9.82. The Morgan fingerprint density at radius 2 is 2.05 bits per heavy atom. The number of amides is 1. The number of anilines is 1. The average Bonchev–Trinajstić information content (AvgIpc) is 2.48. The molecular formula is C16H18BrN3O. The van der Waals surface area contributed by atoms with Gasteiger partial charge in [0.25, 0.3) is 0 Å². The molecule has 1 heterocycles.